The lowest BCUT2D eigenvalue weighted by molar-refractivity contribution is -0.0692. The molecule has 0 bridgehead atoms. The molecule has 1 aliphatic heterocycles. The predicted molar refractivity (Wildman–Crippen MR) is 88.0 cm³/mol. The van der Waals surface area contributed by atoms with E-state index in [4.69, 9.17) is 14.1 Å². The van der Waals surface area contributed by atoms with Crippen LogP contribution in [0.1, 0.15) is 55.8 Å². The van der Waals surface area contributed by atoms with Gasteiger partial charge in [-0.1, -0.05) is 43.5 Å². The molecular weight excluding hydrogens is 314 g/mol. The first-order chi connectivity index (χ1) is 10.9. The Labute approximate surface area is 138 Å². The molecule has 1 aliphatic carbocycles. The molecule has 1 heterocycles. The van der Waals surface area contributed by atoms with Crippen LogP contribution in [0.4, 0.5) is 0 Å². The van der Waals surface area contributed by atoms with Gasteiger partial charge >= 0.3 is 10.3 Å². The first kappa shape index (κ1) is 16.9. The lowest BCUT2D eigenvalue weighted by Crippen LogP contribution is -2.31. The summed E-state index contributed by atoms with van der Waals surface area (Å²) in [5.74, 6) is 0.00697. The molecule has 3 rings (SSSR count). The van der Waals surface area contributed by atoms with Crippen molar-refractivity contribution in [3.63, 3.8) is 0 Å². The average molecular weight is 339 g/mol. The fraction of sp³-hybridized carbons (Fsp3) is 0.647. The molecule has 0 aromatic heterocycles. The molecule has 5 nitrogen and oxygen atoms in total. The maximum absolute atomic E-state index is 11.2. The predicted octanol–water partition coefficient (Wildman–Crippen LogP) is 3.00. The SMILES string of the molecule is Cc1ccccc1[C@@H]1OC2(CCCCC2)C[C@H]1COS(N)(=O)=O. The van der Waals surface area contributed by atoms with Crippen molar-refractivity contribution >= 4 is 10.3 Å². The fourth-order valence-corrected chi connectivity index (χ4v) is 4.43. The van der Waals surface area contributed by atoms with Gasteiger partial charge in [-0.05, 0) is 37.3 Å². The molecule has 1 saturated heterocycles. The normalized spacial score (nSPS) is 27.4. The minimum absolute atomic E-state index is 0.00697. The van der Waals surface area contributed by atoms with Crippen molar-refractivity contribution in [3.8, 4) is 0 Å². The first-order valence-corrected chi connectivity index (χ1v) is 9.76. The van der Waals surface area contributed by atoms with Crippen LogP contribution in [0.2, 0.25) is 0 Å². The number of aryl methyl sites for hydroxylation is 1. The van der Waals surface area contributed by atoms with Crippen molar-refractivity contribution in [1.29, 1.82) is 0 Å². The second-order valence-corrected chi connectivity index (χ2v) is 8.10. The van der Waals surface area contributed by atoms with Crippen molar-refractivity contribution in [1.82, 2.24) is 0 Å². The van der Waals surface area contributed by atoms with E-state index in [2.05, 4.69) is 19.1 Å². The smallest absolute Gasteiger partial charge is 0.333 e. The fourth-order valence-electron chi connectivity index (χ4n) is 4.07. The molecule has 0 radical (unpaired) electrons. The number of rotatable bonds is 4. The largest absolute Gasteiger partial charge is 0.367 e. The van der Waals surface area contributed by atoms with Gasteiger partial charge in [-0.2, -0.15) is 8.42 Å². The van der Waals surface area contributed by atoms with E-state index in [-0.39, 0.29) is 24.2 Å². The zero-order chi connectivity index (χ0) is 16.5. The Kier molecular flexibility index (Phi) is 4.78. The molecule has 1 saturated carbocycles. The molecule has 2 fully saturated rings. The molecule has 0 unspecified atom stereocenters. The molecule has 2 N–H and O–H groups in total. The van der Waals surface area contributed by atoms with E-state index in [1.54, 1.807) is 0 Å². The van der Waals surface area contributed by atoms with Crippen LogP contribution in [0.25, 0.3) is 0 Å². The van der Waals surface area contributed by atoms with Crippen LogP contribution in [0, 0.1) is 12.8 Å². The summed E-state index contributed by atoms with van der Waals surface area (Å²) in [4.78, 5) is 0. The van der Waals surface area contributed by atoms with Crippen molar-refractivity contribution in [2.75, 3.05) is 6.61 Å². The molecule has 128 valence electrons. The number of hydrogen-bond acceptors (Lipinski definition) is 4. The van der Waals surface area contributed by atoms with Gasteiger partial charge in [0.05, 0.1) is 18.3 Å². The van der Waals surface area contributed by atoms with Gasteiger partial charge in [0, 0.05) is 5.92 Å². The maximum atomic E-state index is 11.2. The van der Waals surface area contributed by atoms with Gasteiger partial charge in [0.1, 0.15) is 0 Å². The van der Waals surface area contributed by atoms with E-state index in [0.717, 1.165) is 30.4 Å². The Morgan fingerprint density at radius 1 is 1.26 bits per heavy atom. The van der Waals surface area contributed by atoms with Crippen molar-refractivity contribution in [3.05, 3.63) is 35.4 Å². The minimum atomic E-state index is -3.93. The Balaban J connectivity index is 1.85. The van der Waals surface area contributed by atoms with Crippen molar-refractivity contribution in [2.45, 2.75) is 57.2 Å². The van der Waals surface area contributed by atoms with E-state index in [0.29, 0.717) is 0 Å². The second kappa shape index (κ2) is 6.51. The van der Waals surface area contributed by atoms with Gasteiger partial charge in [0.2, 0.25) is 0 Å². The van der Waals surface area contributed by atoms with Crippen LogP contribution in [-0.4, -0.2) is 20.6 Å². The summed E-state index contributed by atoms with van der Waals surface area (Å²) in [5.41, 5.74) is 2.15. The number of benzene rings is 1. The van der Waals surface area contributed by atoms with E-state index in [1.165, 1.54) is 19.3 Å². The molecule has 1 spiro atoms. The van der Waals surface area contributed by atoms with Crippen molar-refractivity contribution in [2.24, 2.45) is 11.1 Å². The van der Waals surface area contributed by atoms with E-state index < -0.39 is 10.3 Å². The third-order valence-corrected chi connectivity index (χ3v) is 5.61. The lowest BCUT2D eigenvalue weighted by atomic mass is 9.80. The molecular formula is C17H25NO4S. The van der Waals surface area contributed by atoms with Crippen LogP contribution < -0.4 is 5.14 Å². The highest BCUT2D eigenvalue weighted by Gasteiger charge is 2.47. The summed E-state index contributed by atoms with van der Waals surface area (Å²) in [6.07, 6.45) is 6.38. The van der Waals surface area contributed by atoms with E-state index in [9.17, 15) is 8.42 Å². The van der Waals surface area contributed by atoms with Gasteiger partial charge < -0.3 is 4.74 Å². The molecule has 2 aliphatic rings. The molecule has 1 aromatic rings. The summed E-state index contributed by atoms with van der Waals surface area (Å²) in [5, 5.41) is 5.01. The van der Waals surface area contributed by atoms with Gasteiger partial charge in [-0.15, -0.1) is 0 Å². The van der Waals surface area contributed by atoms with Crippen LogP contribution in [0.15, 0.2) is 24.3 Å². The Morgan fingerprint density at radius 3 is 2.61 bits per heavy atom. The molecule has 0 amide bonds. The zero-order valence-corrected chi connectivity index (χ0v) is 14.3. The highest BCUT2D eigenvalue weighted by atomic mass is 32.2. The van der Waals surface area contributed by atoms with Crippen LogP contribution >= 0.6 is 0 Å². The van der Waals surface area contributed by atoms with E-state index in [1.807, 2.05) is 12.1 Å². The summed E-state index contributed by atoms with van der Waals surface area (Å²) in [7, 11) is -3.93. The second-order valence-electron chi connectivity index (χ2n) is 6.88. The monoisotopic (exact) mass is 339 g/mol. The topological polar surface area (TPSA) is 78.6 Å². The van der Waals surface area contributed by atoms with Crippen LogP contribution in [-0.2, 0) is 19.2 Å². The highest BCUT2D eigenvalue weighted by Crippen LogP contribution is 2.50. The summed E-state index contributed by atoms with van der Waals surface area (Å²) in [6, 6.07) is 8.11. The Bertz CT molecular complexity index is 652. The average Bonchev–Trinajstić information content (AvgIpc) is 2.84. The van der Waals surface area contributed by atoms with Gasteiger partial charge in [0.25, 0.3) is 0 Å². The number of ether oxygens (including phenoxy) is 1. The van der Waals surface area contributed by atoms with Gasteiger partial charge in [-0.3, -0.25) is 4.18 Å². The third-order valence-electron chi connectivity index (χ3n) is 5.15. The zero-order valence-electron chi connectivity index (χ0n) is 13.5. The van der Waals surface area contributed by atoms with Gasteiger partial charge in [0.15, 0.2) is 0 Å². The molecule has 6 heteroatoms. The molecule has 2 atom stereocenters. The van der Waals surface area contributed by atoms with E-state index >= 15 is 0 Å². The number of nitrogens with two attached hydrogens (primary N) is 1. The Morgan fingerprint density at radius 2 is 1.96 bits per heavy atom. The first-order valence-electron chi connectivity index (χ1n) is 8.29. The maximum Gasteiger partial charge on any atom is 0.333 e. The van der Waals surface area contributed by atoms with Crippen LogP contribution in [0.3, 0.4) is 0 Å². The Hall–Kier alpha value is -0.950. The summed E-state index contributed by atoms with van der Waals surface area (Å²) < 4.78 is 33.8. The quantitative estimate of drug-likeness (QED) is 0.914. The number of hydrogen-bond donors (Lipinski definition) is 1. The van der Waals surface area contributed by atoms with Crippen LogP contribution in [0.5, 0.6) is 0 Å². The third kappa shape index (κ3) is 3.94. The molecule has 1 aromatic carbocycles. The molecule has 23 heavy (non-hydrogen) atoms. The lowest BCUT2D eigenvalue weighted by Gasteiger charge is -2.33. The van der Waals surface area contributed by atoms with Gasteiger partial charge in [-0.25, -0.2) is 5.14 Å². The van der Waals surface area contributed by atoms with Crippen molar-refractivity contribution < 1.29 is 17.3 Å². The highest BCUT2D eigenvalue weighted by molar-refractivity contribution is 7.84. The minimum Gasteiger partial charge on any atom is -0.367 e. The standard InChI is InChI=1S/C17H25NO4S/c1-13-7-3-4-8-15(13)16-14(12-21-23(18,19)20)11-17(22-16)9-5-2-6-10-17/h3-4,7-8,14,16H,2,5-6,9-12H2,1H3,(H2,18,19,20)/t14-,16+/m0/s1. The summed E-state index contributed by atoms with van der Waals surface area (Å²) in [6.45, 7) is 2.14. The summed E-state index contributed by atoms with van der Waals surface area (Å²) >= 11 is 0.